The van der Waals surface area contributed by atoms with Gasteiger partial charge in [-0.05, 0) is 25.7 Å². The summed E-state index contributed by atoms with van der Waals surface area (Å²) in [7, 11) is 3.02. The molecule has 0 saturated heterocycles. The van der Waals surface area contributed by atoms with Crippen molar-refractivity contribution in [1.82, 2.24) is 4.90 Å². The molecule has 1 aliphatic carbocycles. The number of carbonyl (C=O) groups is 3. The predicted octanol–water partition coefficient (Wildman–Crippen LogP) is 0.899. The summed E-state index contributed by atoms with van der Waals surface area (Å²) in [6.45, 7) is 0.488. The fourth-order valence-electron chi connectivity index (χ4n) is 2.41. The minimum Gasteiger partial charge on any atom is -0.481 e. The number of esters is 1. The summed E-state index contributed by atoms with van der Waals surface area (Å²) in [6, 6.07) is 0. The normalized spacial score (nSPS) is 22.0. The first-order chi connectivity index (χ1) is 8.95. The number of nitrogens with zero attached hydrogens (tertiary/aromatic N) is 1. The Balaban J connectivity index is 2.33. The van der Waals surface area contributed by atoms with Gasteiger partial charge in [0.1, 0.15) is 0 Å². The minimum absolute atomic E-state index is 0.0198. The number of rotatable bonds is 6. The molecule has 0 bridgehead atoms. The quantitative estimate of drug-likeness (QED) is 0.726. The Hall–Kier alpha value is -1.59. The molecule has 0 heterocycles. The van der Waals surface area contributed by atoms with E-state index in [2.05, 4.69) is 4.74 Å². The van der Waals surface area contributed by atoms with Crippen molar-refractivity contribution in [3.8, 4) is 0 Å². The number of aliphatic carboxylic acids is 1. The van der Waals surface area contributed by atoms with Crippen LogP contribution in [0.4, 0.5) is 0 Å². The van der Waals surface area contributed by atoms with E-state index in [0.29, 0.717) is 32.2 Å². The number of hydrogen-bond donors (Lipinski definition) is 1. The van der Waals surface area contributed by atoms with Gasteiger partial charge < -0.3 is 14.7 Å². The lowest BCUT2D eigenvalue weighted by molar-refractivity contribution is -0.143. The molecular formula is C13H21NO5. The second-order valence-electron chi connectivity index (χ2n) is 4.98. The van der Waals surface area contributed by atoms with E-state index in [-0.39, 0.29) is 24.2 Å². The van der Waals surface area contributed by atoms with Crippen molar-refractivity contribution in [3.05, 3.63) is 0 Å². The number of ether oxygens (including phenoxy) is 1. The Morgan fingerprint density at radius 1 is 1.26 bits per heavy atom. The Kier molecular flexibility index (Phi) is 5.79. The highest BCUT2D eigenvalue weighted by Gasteiger charge is 2.34. The fraction of sp³-hybridized carbons (Fsp3) is 0.769. The lowest BCUT2D eigenvalue weighted by Crippen LogP contribution is -2.33. The Labute approximate surface area is 112 Å². The molecule has 108 valence electrons. The SMILES string of the molecule is COC(=O)CCCN(C)C(=O)C1CCC(C(=O)O)C1. The molecule has 2 atom stereocenters. The summed E-state index contributed by atoms with van der Waals surface area (Å²) in [4.78, 5) is 35.4. The highest BCUT2D eigenvalue weighted by molar-refractivity contribution is 5.80. The smallest absolute Gasteiger partial charge is 0.306 e. The van der Waals surface area contributed by atoms with Crippen molar-refractivity contribution in [2.24, 2.45) is 11.8 Å². The van der Waals surface area contributed by atoms with Gasteiger partial charge in [0.25, 0.3) is 0 Å². The van der Waals surface area contributed by atoms with Crippen LogP contribution in [-0.2, 0) is 19.1 Å². The van der Waals surface area contributed by atoms with E-state index in [1.807, 2.05) is 0 Å². The van der Waals surface area contributed by atoms with Crippen molar-refractivity contribution < 1.29 is 24.2 Å². The molecule has 0 spiro atoms. The summed E-state index contributed by atoms with van der Waals surface area (Å²) in [5.41, 5.74) is 0. The molecule has 1 amide bonds. The van der Waals surface area contributed by atoms with Gasteiger partial charge in [0, 0.05) is 25.9 Å². The topological polar surface area (TPSA) is 83.9 Å². The second kappa shape index (κ2) is 7.11. The van der Waals surface area contributed by atoms with Crippen molar-refractivity contribution in [1.29, 1.82) is 0 Å². The van der Waals surface area contributed by atoms with Crippen LogP contribution in [0.15, 0.2) is 0 Å². The standard InChI is InChI=1S/C13H21NO5/c1-14(7-3-4-11(15)19-2)12(16)9-5-6-10(8-9)13(17)18/h9-10H,3-8H2,1-2H3,(H,17,18). The Bertz CT molecular complexity index is 355. The van der Waals surface area contributed by atoms with Gasteiger partial charge in [-0.15, -0.1) is 0 Å². The lowest BCUT2D eigenvalue weighted by atomic mass is 10.0. The molecule has 0 radical (unpaired) electrons. The molecular weight excluding hydrogens is 250 g/mol. The first kappa shape index (κ1) is 15.5. The number of hydrogen-bond acceptors (Lipinski definition) is 4. The van der Waals surface area contributed by atoms with Crippen molar-refractivity contribution in [3.63, 3.8) is 0 Å². The molecule has 0 aromatic carbocycles. The third-order valence-corrected chi connectivity index (χ3v) is 3.61. The van der Waals surface area contributed by atoms with Gasteiger partial charge in [-0.2, -0.15) is 0 Å². The monoisotopic (exact) mass is 271 g/mol. The number of carbonyl (C=O) groups excluding carboxylic acids is 2. The van der Waals surface area contributed by atoms with Crippen LogP contribution in [0.3, 0.4) is 0 Å². The van der Waals surface area contributed by atoms with Gasteiger partial charge in [0.05, 0.1) is 13.0 Å². The molecule has 6 nitrogen and oxygen atoms in total. The average Bonchev–Trinajstić information content (AvgIpc) is 2.87. The van der Waals surface area contributed by atoms with Gasteiger partial charge >= 0.3 is 11.9 Å². The zero-order chi connectivity index (χ0) is 14.4. The number of carboxylic acid groups (broad SMARTS) is 1. The molecule has 1 saturated carbocycles. The second-order valence-corrected chi connectivity index (χ2v) is 4.98. The van der Waals surface area contributed by atoms with Crippen LogP contribution in [0.25, 0.3) is 0 Å². The average molecular weight is 271 g/mol. The molecule has 1 fully saturated rings. The van der Waals surface area contributed by atoms with Crippen LogP contribution in [0, 0.1) is 11.8 Å². The van der Waals surface area contributed by atoms with Crippen LogP contribution >= 0.6 is 0 Å². The maximum absolute atomic E-state index is 12.1. The largest absolute Gasteiger partial charge is 0.481 e. The molecule has 1 rings (SSSR count). The Morgan fingerprint density at radius 2 is 1.89 bits per heavy atom. The predicted molar refractivity (Wildman–Crippen MR) is 67.4 cm³/mol. The van der Waals surface area contributed by atoms with Gasteiger partial charge in [-0.3, -0.25) is 14.4 Å². The summed E-state index contributed by atoms with van der Waals surface area (Å²) in [6.07, 6.45) is 2.48. The van der Waals surface area contributed by atoms with E-state index in [9.17, 15) is 14.4 Å². The summed E-state index contributed by atoms with van der Waals surface area (Å²) < 4.78 is 4.53. The summed E-state index contributed by atoms with van der Waals surface area (Å²) >= 11 is 0. The molecule has 0 aromatic heterocycles. The van der Waals surface area contributed by atoms with Gasteiger partial charge in [-0.1, -0.05) is 0 Å². The molecule has 1 aliphatic rings. The molecule has 0 aliphatic heterocycles. The zero-order valence-electron chi connectivity index (χ0n) is 11.4. The first-order valence-electron chi connectivity index (χ1n) is 6.50. The Morgan fingerprint density at radius 3 is 2.42 bits per heavy atom. The van der Waals surface area contributed by atoms with Crippen LogP contribution in [0.5, 0.6) is 0 Å². The van der Waals surface area contributed by atoms with E-state index in [0.717, 1.165) is 0 Å². The maximum atomic E-state index is 12.1. The molecule has 19 heavy (non-hydrogen) atoms. The molecule has 6 heteroatoms. The molecule has 2 unspecified atom stereocenters. The van der Waals surface area contributed by atoms with E-state index in [1.165, 1.54) is 7.11 Å². The fourth-order valence-corrected chi connectivity index (χ4v) is 2.41. The van der Waals surface area contributed by atoms with Crippen LogP contribution < -0.4 is 0 Å². The van der Waals surface area contributed by atoms with Crippen molar-refractivity contribution >= 4 is 17.8 Å². The van der Waals surface area contributed by atoms with Crippen LogP contribution in [0.2, 0.25) is 0 Å². The summed E-state index contributed by atoms with van der Waals surface area (Å²) in [5.74, 6) is -1.70. The van der Waals surface area contributed by atoms with E-state index < -0.39 is 11.9 Å². The van der Waals surface area contributed by atoms with Gasteiger partial charge in [0.15, 0.2) is 0 Å². The highest BCUT2D eigenvalue weighted by atomic mass is 16.5. The first-order valence-corrected chi connectivity index (χ1v) is 6.50. The van der Waals surface area contributed by atoms with Gasteiger partial charge in [-0.25, -0.2) is 0 Å². The molecule has 0 aromatic rings. The number of carboxylic acids is 1. The maximum Gasteiger partial charge on any atom is 0.306 e. The van der Waals surface area contributed by atoms with Gasteiger partial charge in [0.2, 0.25) is 5.91 Å². The van der Waals surface area contributed by atoms with Crippen molar-refractivity contribution in [2.75, 3.05) is 20.7 Å². The van der Waals surface area contributed by atoms with E-state index in [1.54, 1.807) is 11.9 Å². The lowest BCUT2D eigenvalue weighted by Gasteiger charge is -2.20. The van der Waals surface area contributed by atoms with Crippen LogP contribution in [0.1, 0.15) is 32.1 Å². The van der Waals surface area contributed by atoms with E-state index in [4.69, 9.17) is 5.11 Å². The number of methoxy groups -OCH3 is 1. The van der Waals surface area contributed by atoms with Crippen LogP contribution in [-0.4, -0.2) is 48.6 Å². The number of amides is 1. The zero-order valence-corrected chi connectivity index (χ0v) is 11.4. The minimum atomic E-state index is -0.816. The third-order valence-electron chi connectivity index (χ3n) is 3.61. The highest BCUT2D eigenvalue weighted by Crippen LogP contribution is 2.32. The molecule has 1 N–H and O–H groups in total. The van der Waals surface area contributed by atoms with E-state index >= 15 is 0 Å². The third kappa shape index (κ3) is 4.54. The summed E-state index contributed by atoms with van der Waals surface area (Å²) in [5, 5.41) is 8.90. The van der Waals surface area contributed by atoms with Crippen molar-refractivity contribution in [2.45, 2.75) is 32.1 Å².